The molecule has 1 rings (SSSR count). The fourth-order valence-corrected chi connectivity index (χ4v) is 4.16. The number of carbonyl (C=O) groups excluding carboxylic acids is 1. The van der Waals surface area contributed by atoms with E-state index in [0.717, 1.165) is 0 Å². The van der Waals surface area contributed by atoms with Crippen LogP contribution in [0, 0.1) is 0 Å². The summed E-state index contributed by atoms with van der Waals surface area (Å²) in [5.41, 5.74) is 0.419. The van der Waals surface area contributed by atoms with Crippen LogP contribution in [-0.2, 0) is 9.59 Å². The van der Waals surface area contributed by atoms with E-state index in [4.69, 9.17) is 0 Å². The molecule has 1 N–H and O–H groups in total. The van der Waals surface area contributed by atoms with Crippen LogP contribution in [0.15, 0.2) is 11.6 Å². The average molecular weight is 255 g/mol. The molecule has 4 nitrogen and oxygen atoms in total. The van der Waals surface area contributed by atoms with Crippen molar-refractivity contribution in [3.63, 3.8) is 0 Å². The van der Waals surface area contributed by atoms with Gasteiger partial charge in [-0.2, -0.15) is 0 Å². The van der Waals surface area contributed by atoms with Crippen LogP contribution in [0.4, 0.5) is 0 Å². The van der Waals surface area contributed by atoms with Gasteiger partial charge in [0.05, 0.1) is 0 Å². The zero-order valence-electron chi connectivity index (χ0n) is 11.4. The number of hydrogen-bond acceptors (Lipinski definition) is 2. The molecule has 1 atom stereocenters. The molecule has 1 saturated heterocycles. The van der Waals surface area contributed by atoms with E-state index in [1.807, 2.05) is 13.1 Å². The van der Waals surface area contributed by atoms with Crippen molar-refractivity contribution in [2.75, 3.05) is 0 Å². The Bertz CT molecular complexity index is 393. The van der Waals surface area contributed by atoms with Gasteiger partial charge in [-0.05, 0) is 12.0 Å². The molecule has 1 aliphatic rings. The van der Waals surface area contributed by atoms with Gasteiger partial charge in [0.1, 0.15) is 0 Å². The van der Waals surface area contributed by atoms with E-state index < -0.39 is 20.2 Å². The first-order valence-electron chi connectivity index (χ1n) is 5.78. The van der Waals surface area contributed by atoms with Crippen molar-refractivity contribution in [2.24, 2.45) is 0 Å². The van der Waals surface area contributed by atoms with Gasteiger partial charge in [-0.3, -0.25) is 4.79 Å². The van der Waals surface area contributed by atoms with Crippen LogP contribution >= 0.6 is 0 Å². The quantitative estimate of drug-likeness (QED) is 0.467. The summed E-state index contributed by atoms with van der Waals surface area (Å²) in [7, 11) is -2.11. The highest BCUT2D eigenvalue weighted by molar-refractivity contribution is 6.80. The average Bonchev–Trinajstić information content (AvgIpc) is 2.11. The predicted octanol–water partition coefficient (Wildman–Crippen LogP) is 2.23. The molecule has 1 unspecified atom stereocenters. The van der Waals surface area contributed by atoms with Crippen LogP contribution in [0.2, 0.25) is 18.1 Å². The van der Waals surface area contributed by atoms with E-state index in [1.165, 1.54) is 0 Å². The number of carboxylic acid groups (broad SMARTS) is 1. The normalized spacial score (nSPS) is 23.9. The molecule has 0 aromatic rings. The molecular formula is C12H21NO3Si. The lowest BCUT2D eigenvalue weighted by atomic mass is 9.98. The molecule has 0 bridgehead atoms. The minimum Gasteiger partial charge on any atom is -0.479 e. The SMILES string of the molecule is C/C=C1\C(=O)N([Si](C)(C)C(C)(C)C)C1C(=O)O. The molecule has 1 amide bonds. The summed E-state index contributed by atoms with van der Waals surface area (Å²) in [4.78, 5) is 23.3. The van der Waals surface area contributed by atoms with Gasteiger partial charge in [0.2, 0.25) is 5.91 Å². The maximum Gasteiger partial charge on any atom is 0.330 e. The topological polar surface area (TPSA) is 57.6 Å². The van der Waals surface area contributed by atoms with Crippen LogP contribution in [0.3, 0.4) is 0 Å². The van der Waals surface area contributed by atoms with Gasteiger partial charge >= 0.3 is 5.97 Å². The number of rotatable bonds is 2. The van der Waals surface area contributed by atoms with Crippen LogP contribution in [0.25, 0.3) is 0 Å². The second kappa shape index (κ2) is 3.98. The summed E-state index contributed by atoms with van der Waals surface area (Å²) >= 11 is 0. The van der Waals surface area contributed by atoms with Gasteiger partial charge in [0.15, 0.2) is 14.3 Å². The zero-order valence-corrected chi connectivity index (χ0v) is 12.4. The Kier molecular flexibility index (Phi) is 3.27. The summed E-state index contributed by atoms with van der Waals surface area (Å²) in [6.45, 7) is 12.0. The van der Waals surface area contributed by atoms with Crippen LogP contribution in [0.1, 0.15) is 27.7 Å². The van der Waals surface area contributed by atoms with Crippen molar-refractivity contribution >= 4 is 20.1 Å². The third kappa shape index (κ3) is 1.92. The number of carbonyl (C=O) groups is 2. The molecule has 1 fully saturated rings. The monoisotopic (exact) mass is 255 g/mol. The van der Waals surface area contributed by atoms with E-state index >= 15 is 0 Å². The second-order valence-corrected chi connectivity index (χ2v) is 11.1. The van der Waals surface area contributed by atoms with Gasteiger partial charge in [0.25, 0.3) is 0 Å². The van der Waals surface area contributed by atoms with E-state index in [2.05, 4.69) is 20.8 Å². The van der Waals surface area contributed by atoms with E-state index in [9.17, 15) is 14.7 Å². The highest BCUT2D eigenvalue weighted by Crippen LogP contribution is 2.44. The molecule has 0 spiro atoms. The molecule has 0 saturated carbocycles. The number of hydrogen-bond donors (Lipinski definition) is 1. The second-order valence-electron chi connectivity index (χ2n) is 5.97. The number of nitrogens with zero attached hydrogens (tertiary/aromatic N) is 1. The lowest BCUT2D eigenvalue weighted by Gasteiger charge is -2.54. The largest absolute Gasteiger partial charge is 0.479 e. The summed E-state index contributed by atoms with van der Waals surface area (Å²) in [5.74, 6) is -1.03. The summed E-state index contributed by atoms with van der Waals surface area (Å²) in [6.07, 6.45) is 1.62. The number of β-lactam (4-membered cyclic amide) rings is 1. The van der Waals surface area contributed by atoms with Gasteiger partial charge in [0, 0.05) is 5.57 Å². The third-order valence-electron chi connectivity index (χ3n) is 4.00. The summed E-state index contributed by atoms with van der Waals surface area (Å²) in [5, 5.41) is 9.19. The maximum absolute atomic E-state index is 12.0. The predicted molar refractivity (Wildman–Crippen MR) is 69.2 cm³/mol. The smallest absolute Gasteiger partial charge is 0.330 e. The molecule has 0 aromatic heterocycles. The Morgan fingerprint density at radius 1 is 1.41 bits per heavy atom. The van der Waals surface area contributed by atoms with Crippen molar-refractivity contribution < 1.29 is 14.7 Å². The van der Waals surface area contributed by atoms with Gasteiger partial charge in [-0.25, -0.2) is 4.79 Å². The Morgan fingerprint density at radius 3 is 2.18 bits per heavy atom. The van der Waals surface area contributed by atoms with Gasteiger partial charge in [-0.15, -0.1) is 0 Å². The van der Waals surface area contributed by atoms with Crippen molar-refractivity contribution in [3.05, 3.63) is 11.6 Å². The van der Waals surface area contributed by atoms with Crippen LogP contribution in [0.5, 0.6) is 0 Å². The molecule has 5 heteroatoms. The van der Waals surface area contributed by atoms with Crippen molar-refractivity contribution in [1.82, 2.24) is 4.57 Å². The Labute approximate surface area is 103 Å². The van der Waals surface area contributed by atoms with Crippen molar-refractivity contribution in [3.8, 4) is 0 Å². The summed E-state index contributed by atoms with van der Waals surface area (Å²) in [6, 6.07) is -0.742. The fraction of sp³-hybridized carbons (Fsp3) is 0.667. The highest BCUT2D eigenvalue weighted by Gasteiger charge is 2.56. The summed E-state index contributed by atoms with van der Waals surface area (Å²) < 4.78 is 1.62. The molecular weight excluding hydrogens is 234 g/mol. The molecule has 1 aliphatic heterocycles. The Morgan fingerprint density at radius 2 is 1.88 bits per heavy atom. The number of aliphatic carboxylic acids is 1. The minimum atomic E-state index is -2.11. The van der Waals surface area contributed by atoms with Crippen molar-refractivity contribution in [2.45, 2.75) is 51.9 Å². The first kappa shape index (κ1) is 14.0. The van der Waals surface area contributed by atoms with Gasteiger partial charge < -0.3 is 9.67 Å². The van der Waals surface area contributed by atoms with Crippen LogP contribution in [-0.4, -0.2) is 35.8 Å². The Hall–Kier alpha value is -1.10. The lowest BCUT2D eigenvalue weighted by molar-refractivity contribution is -0.150. The molecule has 0 aromatic carbocycles. The van der Waals surface area contributed by atoms with Gasteiger partial charge in [-0.1, -0.05) is 39.9 Å². The fourth-order valence-electron chi connectivity index (χ4n) is 1.91. The Balaban J connectivity index is 3.16. The first-order chi connectivity index (χ1) is 7.55. The first-order valence-corrected chi connectivity index (χ1v) is 8.73. The standard InChI is InChI=1S/C12H21NO3Si/c1-7-8-9(11(15)16)13(10(8)14)17(5,6)12(2,3)4/h7,9H,1-6H3,(H,15,16)/b8-7-. The molecule has 17 heavy (non-hydrogen) atoms. The molecule has 0 radical (unpaired) electrons. The zero-order chi connectivity index (χ0) is 13.6. The molecule has 1 heterocycles. The lowest BCUT2D eigenvalue weighted by Crippen LogP contribution is -2.71. The number of amides is 1. The number of allylic oxidation sites excluding steroid dienone is 1. The maximum atomic E-state index is 12.0. The van der Waals surface area contributed by atoms with Crippen molar-refractivity contribution in [1.29, 1.82) is 0 Å². The third-order valence-corrected chi connectivity index (χ3v) is 9.34. The minimum absolute atomic E-state index is 0.0460. The number of carboxylic acids is 1. The van der Waals surface area contributed by atoms with E-state index in [-0.39, 0.29) is 10.9 Å². The van der Waals surface area contributed by atoms with E-state index in [1.54, 1.807) is 17.6 Å². The molecule has 0 aliphatic carbocycles. The van der Waals surface area contributed by atoms with E-state index in [0.29, 0.717) is 5.57 Å². The highest BCUT2D eigenvalue weighted by atomic mass is 28.3. The molecule has 96 valence electrons. The van der Waals surface area contributed by atoms with Crippen LogP contribution < -0.4 is 0 Å².